The highest BCUT2D eigenvalue weighted by atomic mass is 16.3. The van der Waals surface area contributed by atoms with E-state index in [0.29, 0.717) is 35.1 Å². The minimum absolute atomic E-state index is 0.262. The second-order valence-corrected chi connectivity index (χ2v) is 5.02. The van der Waals surface area contributed by atoms with Crippen molar-refractivity contribution in [2.75, 3.05) is 6.54 Å². The number of hydrogen-bond acceptors (Lipinski definition) is 6. The maximum atomic E-state index is 12.1. The third-order valence-electron chi connectivity index (χ3n) is 3.41. The van der Waals surface area contributed by atoms with Gasteiger partial charge in [-0.25, -0.2) is 0 Å². The number of aromatic hydroxyl groups is 3. The Bertz CT molecular complexity index is 852. The molecule has 0 aliphatic carbocycles. The maximum Gasteiger partial charge on any atom is 0.251 e. The summed E-state index contributed by atoms with van der Waals surface area (Å²) in [5.74, 6) is -1.62. The molecule has 1 aromatic heterocycles. The maximum absolute atomic E-state index is 12.1. The molecule has 0 saturated heterocycles. The van der Waals surface area contributed by atoms with Crippen LogP contribution in [0, 0.1) is 0 Å². The quantitative estimate of drug-likeness (QED) is 0.457. The molecule has 23 heavy (non-hydrogen) atoms. The molecule has 1 amide bonds. The monoisotopic (exact) mass is 314 g/mol. The van der Waals surface area contributed by atoms with Gasteiger partial charge in [0, 0.05) is 12.1 Å². The number of amides is 1. The molecular formula is C15H14N4O4. The number of rotatable bonds is 4. The molecule has 3 aromatic rings. The van der Waals surface area contributed by atoms with Gasteiger partial charge in [-0.2, -0.15) is 15.4 Å². The molecule has 0 aliphatic rings. The highest BCUT2D eigenvalue weighted by molar-refractivity contribution is 5.97. The number of phenolic OH excluding ortho intramolecular Hbond substituents is 3. The zero-order valence-electron chi connectivity index (χ0n) is 11.9. The van der Waals surface area contributed by atoms with Crippen molar-refractivity contribution >= 4 is 16.9 Å². The molecule has 0 spiro atoms. The topological polar surface area (TPSA) is 131 Å². The number of carbonyl (C=O) groups excluding carboxylic acids is 1. The first kappa shape index (κ1) is 14.6. The van der Waals surface area contributed by atoms with Crippen LogP contribution in [-0.4, -0.2) is 43.2 Å². The lowest BCUT2D eigenvalue weighted by Crippen LogP contribution is -2.25. The van der Waals surface area contributed by atoms with Gasteiger partial charge in [0.1, 0.15) is 11.0 Å². The molecule has 3 rings (SSSR count). The molecule has 8 heteroatoms. The number of aromatic amines is 1. The second-order valence-electron chi connectivity index (χ2n) is 5.02. The van der Waals surface area contributed by atoms with E-state index in [1.807, 2.05) is 0 Å². The smallest absolute Gasteiger partial charge is 0.251 e. The van der Waals surface area contributed by atoms with Gasteiger partial charge in [-0.15, -0.1) is 0 Å². The molecule has 1 heterocycles. The summed E-state index contributed by atoms with van der Waals surface area (Å²) in [6.45, 7) is 0.305. The van der Waals surface area contributed by atoms with Crippen LogP contribution in [-0.2, 0) is 6.42 Å². The van der Waals surface area contributed by atoms with E-state index < -0.39 is 17.2 Å². The molecule has 0 saturated carbocycles. The predicted octanol–water partition coefficient (Wildman–Crippen LogP) is 1.05. The summed E-state index contributed by atoms with van der Waals surface area (Å²) in [6, 6.07) is 7.65. The lowest BCUT2D eigenvalue weighted by atomic mass is 10.1. The summed E-state index contributed by atoms with van der Waals surface area (Å²) >= 11 is 0. The van der Waals surface area contributed by atoms with Crippen molar-refractivity contribution in [1.29, 1.82) is 0 Å². The number of aromatic nitrogens is 3. The van der Waals surface area contributed by atoms with Crippen LogP contribution in [0.1, 0.15) is 15.9 Å². The fraction of sp³-hybridized carbons (Fsp3) is 0.133. The zero-order chi connectivity index (χ0) is 16.4. The summed E-state index contributed by atoms with van der Waals surface area (Å²) in [7, 11) is 0. The normalized spacial score (nSPS) is 10.8. The molecule has 5 N–H and O–H groups in total. The van der Waals surface area contributed by atoms with Gasteiger partial charge < -0.3 is 20.6 Å². The summed E-state index contributed by atoms with van der Waals surface area (Å²) in [4.78, 5) is 12.1. The fourth-order valence-electron chi connectivity index (χ4n) is 2.21. The highest BCUT2D eigenvalue weighted by Gasteiger charge is 2.10. The van der Waals surface area contributed by atoms with Crippen LogP contribution in [0.2, 0.25) is 0 Å². The molecule has 0 unspecified atom stereocenters. The number of carbonyl (C=O) groups is 1. The van der Waals surface area contributed by atoms with E-state index in [9.17, 15) is 20.1 Å². The Labute approximate surface area is 130 Å². The van der Waals surface area contributed by atoms with Crippen molar-refractivity contribution in [1.82, 2.24) is 20.7 Å². The summed E-state index contributed by atoms with van der Waals surface area (Å²) in [5, 5.41) is 41.2. The van der Waals surface area contributed by atoms with Crippen LogP contribution in [0.25, 0.3) is 11.0 Å². The third kappa shape index (κ3) is 3.00. The van der Waals surface area contributed by atoms with E-state index in [1.54, 1.807) is 18.2 Å². The van der Waals surface area contributed by atoms with Gasteiger partial charge in [-0.3, -0.25) is 4.79 Å². The first-order chi connectivity index (χ1) is 11.0. The SMILES string of the molecule is O=C(NCCc1cc(O)c(O)c(O)c1)c1ccc2n[nH]nc2c1. The largest absolute Gasteiger partial charge is 0.504 e. The van der Waals surface area contributed by atoms with Crippen molar-refractivity contribution in [2.45, 2.75) is 6.42 Å². The molecular weight excluding hydrogens is 300 g/mol. The number of benzene rings is 2. The lowest BCUT2D eigenvalue weighted by molar-refractivity contribution is 0.0954. The number of hydrogen-bond donors (Lipinski definition) is 5. The number of H-pyrrole nitrogens is 1. The van der Waals surface area contributed by atoms with Crippen molar-refractivity contribution < 1.29 is 20.1 Å². The van der Waals surface area contributed by atoms with Gasteiger partial charge in [0.05, 0.1) is 0 Å². The Morgan fingerprint density at radius 2 is 1.74 bits per heavy atom. The molecule has 0 atom stereocenters. The van der Waals surface area contributed by atoms with E-state index >= 15 is 0 Å². The predicted molar refractivity (Wildman–Crippen MR) is 81.4 cm³/mol. The van der Waals surface area contributed by atoms with Gasteiger partial charge in [0.25, 0.3) is 5.91 Å². The van der Waals surface area contributed by atoms with Crippen LogP contribution in [0.15, 0.2) is 30.3 Å². The van der Waals surface area contributed by atoms with Gasteiger partial charge in [0.2, 0.25) is 0 Å². The molecule has 0 fully saturated rings. The summed E-state index contributed by atoms with van der Waals surface area (Å²) in [6.07, 6.45) is 0.388. The second kappa shape index (κ2) is 5.84. The molecule has 0 radical (unpaired) electrons. The minimum atomic E-state index is -0.557. The van der Waals surface area contributed by atoms with Crippen LogP contribution in [0.4, 0.5) is 0 Å². The standard InChI is InChI=1S/C15H14N4O4/c20-12-5-8(6-13(21)14(12)22)3-4-16-15(23)9-1-2-10-11(7-9)18-19-17-10/h1-2,5-7,20-22H,3-4H2,(H,16,23)(H,17,18,19). The Hall–Kier alpha value is -3.29. The van der Waals surface area contributed by atoms with Crippen LogP contribution in [0.3, 0.4) is 0 Å². The number of fused-ring (bicyclic) bond motifs is 1. The van der Waals surface area contributed by atoms with Crippen LogP contribution < -0.4 is 5.32 Å². The third-order valence-corrected chi connectivity index (χ3v) is 3.41. The average Bonchev–Trinajstić information content (AvgIpc) is 2.99. The fourth-order valence-corrected chi connectivity index (χ4v) is 2.21. The minimum Gasteiger partial charge on any atom is -0.504 e. The van der Waals surface area contributed by atoms with Crippen molar-refractivity contribution in [3.63, 3.8) is 0 Å². The number of nitrogens with one attached hydrogen (secondary N) is 2. The van der Waals surface area contributed by atoms with Crippen LogP contribution >= 0.6 is 0 Å². The van der Waals surface area contributed by atoms with Crippen molar-refractivity contribution in [3.05, 3.63) is 41.5 Å². The van der Waals surface area contributed by atoms with E-state index in [1.165, 1.54) is 12.1 Å². The highest BCUT2D eigenvalue weighted by Crippen LogP contribution is 2.35. The Balaban J connectivity index is 1.63. The summed E-state index contributed by atoms with van der Waals surface area (Å²) < 4.78 is 0. The van der Waals surface area contributed by atoms with Gasteiger partial charge in [0.15, 0.2) is 17.2 Å². The molecule has 0 aliphatic heterocycles. The van der Waals surface area contributed by atoms with Gasteiger partial charge in [-0.1, -0.05) is 0 Å². The first-order valence-corrected chi connectivity index (χ1v) is 6.87. The van der Waals surface area contributed by atoms with Crippen LogP contribution in [0.5, 0.6) is 17.2 Å². The lowest BCUT2D eigenvalue weighted by Gasteiger charge is -2.07. The van der Waals surface area contributed by atoms with E-state index in [0.717, 1.165) is 0 Å². The van der Waals surface area contributed by atoms with E-state index in [4.69, 9.17) is 0 Å². The van der Waals surface area contributed by atoms with Gasteiger partial charge >= 0.3 is 0 Å². The number of nitrogens with zero attached hydrogens (tertiary/aromatic N) is 2. The molecule has 0 bridgehead atoms. The molecule has 8 nitrogen and oxygen atoms in total. The molecule has 118 valence electrons. The Morgan fingerprint density at radius 1 is 1.04 bits per heavy atom. The average molecular weight is 314 g/mol. The first-order valence-electron chi connectivity index (χ1n) is 6.87. The summed E-state index contributed by atoms with van der Waals surface area (Å²) in [5.41, 5.74) is 2.33. The Kier molecular flexibility index (Phi) is 3.71. The zero-order valence-corrected chi connectivity index (χ0v) is 11.9. The number of phenols is 3. The Morgan fingerprint density at radius 3 is 2.48 bits per heavy atom. The molecule has 2 aromatic carbocycles. The van der Waals surface area contributed by atoms with Gasteiger partial charge in [-0.05, 0) is 42.3 Å². The van der Waals surface area contributed by atoms with E-state index in [-0.39, 0.29) is 5.91 Å². The van der Waals surface area contributed by atoms with Crippen molar-refractivity contribution in [3.8, 4) is 17.2 Å². The van der Waals surface area contributed by atoms with E-state index in [2.05, 4.69) is 20.7 Å². The van der Waals surface area contributed by atoms with Crippen molar-refractivity contribution in [2.24, 2.45) is 0 Å².